The molecule has 1 unspecified atom stereocenters. The molecule has 1 atom stereocenters. The third-order valence-electron chi connectivity index (χ3n) is 11.5. The lowest BCUT2D eigenvalue weighted by molar-refractivity contribution is -0.173. The van der Waals surface area contributed by atoms with Crippen LogP contribution in [0.1, 0.15) is 29.2 Å². The van der Waals surface area contributed by atoms with Gasteiger partial charge in [0.2, 0.25) is 0 Å². The van der Waals surface area contributed by atoms with E-state index in [0.29, 0.717) is 0 Å². The molecule has 0 aliphatic carbocycles. The minimum atomic E-state index is -4.78. The lowest BCUT2D eigenvalue weighted by Gasteiger charge is -2.33. The molecular formula is C49H31F3N2O2. The summed E-state index contributed by atoms with van der Waals surface area (Å²) in [6.45, 7) is 1.09. The lowest BCUT2D eigenvalue weighted by Crippen LogP contribution is -2.40. The Morgan fingerprint density at radius 1 is 0.446 bits per heavy atom. The normalized spacial score (nSPS) is 13.9. The molecule has 0 aliphatic rings. The van der Waals surface area contributed by atoms with Crippen molar-refractivity contribution in [1.29, 1.82) is 0 Å². The van der Waals surface area contributed by atoms with Gasteiger partial charge >= 0.3 is 6.18 Å². The topological polar surface area (TPSA) is 65.2 Å². The Morgan fingerprint density at radius 3 is 1.45 bits per heavy atom. The first-order valence-electron chi connectivity index (χ1n) is 18.2. The Labute approximate surface area is 318 Å². The molecule has 270 valence electrons. The summed E-state index contributed by atoms with van der Waals surface area (Å²) in [5, 5.41) is 34.6. The third kappa shape index (κ3) is 5.08. The van der Waals surface area contributed by atoms with Gasteiger partial charge in [0.25, 0.3) is 0 Å². The van der Waals surface area contributed by atoms with Gasteiger partial charge in [-0.15, -0.1) is 0 Å². The summed E-state index contributed by atoms with van der Waals surface area (Å²) < 4.78 is 46.2. The van der Waals surface area contributed by atoms with Gasteiger partial charge in [-0.25, -0.2) is 0 Å². The van der Waals surface area contributed by atoms with Crippen LogP contribution >= 0.6 is 0 Å². The average molecular weight is 737 g/mol. The Bertz CT molecular complexity index is 3220. The van der Waals surface area contributed by atoms with Gasteiger partial charge in [-0.2, -0.15) is 13.2 Å². The number of aromatic hydroxyl groups is 2. The van der Waals surface area contributed by atoms with E-state index in [2.05, 4.69) is 64.6 Å². The fraction of sp³-hybridized carbons (Fsp3) is 0.0612. The first kappa shape index (κ1) is 33.6. The Hall–Kier alpha value is -6.99. The zero-order valence-electron chi connectivity index (χ0n) is 29.9. The van der Waals surface area contributed by atoms with Crippen LogP contribution < -0.4 is 0 Å². The minimum Gasteiger partial charge on any atom is -0.506 e. The van der Waals surface area contributed by atoms with E-state index in [1.165, 1.54) is 36.4 Å². The molecular weight excluding hydrogens is 706 g/mol. The highest BCUT2D eigenvalue weighted by Crippen LogP contribution is 2.49. The van der Waals surface area contributed by atoms with E-state index in [9.17, 15) is 10.2 Å². The molecule has 10 aromatic carbocycles. The number of alkyl halides is 3. The van der Waals surface area contributed by atoms with Crippen molar-refractivity contribution < 1.29 is 23.4 Å². The van der Waals surface area contributed by atoms with E-state index in [-0.39, 0.29) is 34.0 Å². The standard InChI is InChI=1S/C49H31F3N2O2/c1-48(49(50,51)52,36-18-21-42(55)40(24-36)53-26-34-16-15-32-14-12-28-5-2-6-30-17-20-39(34)47(32)44(28)30)37-19-22-43(56)41(25-37)54-27-35-23-33-9-3-7-29-11-13-31-8-4-10-38(35)46(31)45(29)33/h2-27,55-56H,1H3. The zero-order chi connectivity index (χ0) is 38.3. The number of halogens is 3. The van der Waals surface area contributed by atoms with Gasteiger partial charge in [0, 0.05) is 23.6 Å². The number of nitrogens with zero attached hydrogens (tertiary/aromatic N) is 2. The van der Waals surface area contributed by atoms with Crippen molar-refractivity contribution in [3.63, 3.8) is 0 Å². The predicted octanol–water partition coefficient (Wildman–Crippen LogP) is 13.3. The first-order chi connectivity index (χ1) is 27.1. The van der Waals surface area contributed by atoms with Crippen LogP contribution in [-0.2, 0) is 5.41 Å². The Morgan fingerprint density at radius 2 is 0.875 bits per heavy atom. The molecule has 4 nitrogen and oxygen atoms in total. The Balaban J connectivity index is 1.04. The highest BCUT2D eigenvalue weighted by molar-refractivity contribution is 6.27. The molecule has 0 radical (unpaired) electrons. The second-order valence-corrected chi connectivity index (χ2v) is 14.6. The highest BCUT2D eigenvalue weighted by atomic mass is 19.4. The fourth-order valence-electron chi connectivity index (χ4n) is 8.42. The monoisotopic (exact) mass is 736 g/mol. The quantitative estimate of drug-likeness (QED) is 0.132. The first-order valence-corrected chi connectivity index (χ1v) is 18.2. The lowest BCUT2D eigenvalue weighted by atomic mass is 9.75. The van der Waals surface area contributed by atoms with Gasteiger partial charge in [-0.05, 0) is 113 Å². The molecule has 2 N–H and O–H groups in total. The number of benzene rings is 10. The van der Waals surface area contributed by atoms with Crippen molar-refractivity contribution >= 4 is 88.4 Å². The number of phenols is 2. The van der Waals surface area contributed by atoms with Gasteiger partial charge in [0.15, 0.2) is 0 Å². The molecule has 0 heterocycles. The van der Waals surface area contributed by atoms with Crippen LogP contribution in [0.4, 0.5) is 24.5 Å². The van der Waals surface area contributed by atoms with E-state index in [0.717, 1.165) is 82.7 Å². The van der Waals surface area contributed by atoms with E-state index < -0.39 is 11.6 Å². The SMILES string of the molecule is CC(c1ccc(O)c(N=Cc2ccc3ccc4cccc5ccc2c3c45)c1)(c1ccc(O)c(N=Cc2cc3cccc4ccc5cccc2c5c43)c1)C(F)(F)F. The molecule has 0 saturated carbocycles. The van der Waals surface area contributed by atoms with Gasteiger partial charge < -0.3 is 10.2 Å². The minimum absolute atomic E-state index is 0.00518. The van der Waals surface area contributed by atoms with Crippen LogP contribution in [0, 0.1) is 0 Å². The highest BCUT2D eigenvalue weighted by Gasteiger charge is 2.53. The van der Waals surface area contributed by atoms with Gasteiger partial charge in [0.05, 0.1) is 0 Å². The fourth-order valence-corrected chi connectivity index (χ4v) is 8.42. The summed E-state index contributed by atoms with van der Waals surface area (Å²) in [4.78, 5) is 9.13. The van der Waals surface area contributed by atoms with Crippen molar-refractivity contribution in [3.8, 4) is 11.5 Å². The molecule has 0 fully saturated rings. The molecule has 0 aromatic heterocycles. The largest absolute Gasteiger partial charge is 0.506 e. The number of hydrogen-bond donors (Lipinski definition) is 2. The second-order valence-electron chi connectivity index (χ2n) is 14.6. The molecule has 10 aromatic rings. The summed E-state index contributed by atoms with van der Waals surface area (Å²) in [6.07, 6.45) is -1.60. The van der Waals surface area contributed by atoms with Gasteiger partial charge in [-0.1, -0.05) is 115 Å². The molecule has 56 heavy (non-hydrogen) atoms. The molecule has 10 rings (SSSR count). The molecule has 0 saturated heterocycles. The van der Waals surface area contributed by atoms with E-state index in [1.54, 1.807) is 12.4 Å². The van der Waals surface area contributed by atoms with Crippen LogP contribution in [-0.4, -0.2) is 28.8 Å². The second kappa shape index (κ2) is 12.3. The van der Waals surface area contributed by atoms with Crippen molar-refractivity contribution in [2.45, 2.75) is 18.5 Å². The van der Waals surface area contributed by atoms with Crippen LogP contribution in [0.3, 0.4) is 0 Å². The van der Waals surface area contributed by atoms with E-state index in [1.807, 2.05) is 54.6 Å². The average Bonchev–Trinajstić information content (AvgIpc) is 3.21. The number of phenolic OH excluding ortho intramolecular Hbond substituents is 2. The molecule has 0 aliphatic heterocycles. The predicted molar refractivity (Wildman–Crippen MR) is 224 cm³/mol. The molecule has 0 bridgehead atoms. The maximum Gasteiger partial charge on any atom is 0.402 e. The third-order valence-corrected chi connectivity index (χ3v) is 11.5. The number of hydrogen-bond acceptors (Lipinski definition) is 4. The van der Waals surface area contributed by atoms with Crippen LogP contribution in [0.25, 0.3) is 64.6 Å². The maximum absolute atomic E-state index is 15.4. The Kier molecular flexibility index (Phi) is 7.35. The summed E-state index contributed by atoms with van der Waals surface area (Å²) in [6, 6.07) is 44.2. The van der Waals surface area contributed by atoms with Gasteiger partial charge in [-0.3, -0.25) is 9.98 Å². The zero-order valence-corrected chi connectivity index (χ0v) is 29.9. The van der Waals surface area contributed by atoms with Crippen LogP contribution in [0.5, 0.6) is 11.5 Å². The molecule has 7 heteroatoms. The summed E-state index contributed by atoms with van der Waals surface area (Å²) in [5.74, 6) is -0.507. The molecule has 0 spiro atoms. The van der Waals surface area contributed by atoms with E-state index in [4.69, 9.17) is 0 Å². The summed E-state index contributed by atoms with van der Waals surface area (Å²) in [7, 11) is 0. The van der Waals surface area contributed by atoms with E-state index >= 15 is 13.2 Å². The number of aliphatic imine (C=N–C) groups is 2. The van der Waals surface area contributed by atoms with Gasteiger partial charge in [0.1, 0.15) is 28.3 Å². The smallest absolute Gasteiger partial charge is 0.402 e. The summed E-state index contributed by atoms with van der Waals surface area (Å²) >= 11 is 0. The maximum atomic E-state index is 15.4. The van der Waals surface area contributed by atoms with Crippen molar-refractivity contribution in [3.05, 3.63) is 168 Å². The van der Waals surface area contributed by atoms with Crippen molar-refractivity contribution in [2.24, 2.45) is 9.98 Å². The number of rotatable bonds is 6. The van der Waals surface area contributed by atoms with Crippen molar-refractivity contribution in [2.75, 3.05) is 0 Å². The summed E-state index contributed by atoms with van der Waals surface area (Å²) in [5.41, 5.74) is -1.28. The van der Waals surface area contributed by atoms with Crippen molar-refractivity contribution in [1.82, 2.24) is 0 Å². The molecule has 0 amide bonds. The van der Waals surface area contributed by atoms with Crippen LogP contribution in [0.2, 0.25) is 0 Å². The van der Waals surface area contributed by atoms with Crippen LogP contribution in [0.15, 0.2) is 156 Å².